The van der Waals surface area contributed by atoms with Gasteiger partial charge < -0.3 is 4.98 Å². The molecule has 2 heteroatoms. The van der Waals surface area contributed by atoms with E-state index in [4.69, 9.17) is 0 Å². The lowest BCUT2D eigenvalue weighted by atomic mass is 10.2. The number of unbranched alkanes of at least 4 members (excludes halogenated alkanes) is 1. The van der Waals surface area contributed by atoms with Crippen LogP contribution in [0.3, 0.4) is 0 Å². The van der Waals surface area contributed by atoms with Crippen LogP contribution in [0, 0.1) is 0 Å². The minimum Gasteiger partial charge on any atom is -0.348 e. The van der Waals surface area contributed by atoms with Gasteiger partial charge in [-0.2, -0.15) is 0 Å². The van der Waals surface area contributed by atoms with Crippen molar-refractivity contribution < 1.29 is 0 Å². The van der Waals surface area contributed by atoms with Crippen LogP contribution in [-0.2, 0) is 6.42 Å². The van der Waals surface area contributed by atoms with Crippen LogP contribution in [0.15, 0.2) is 12.8 Å². The van der Waals surface area contributed by atoms with Crippen molar-refractivity contribution in [3.8, 4) is 0 Å². The molecule has 0 aliphatic heterocycles. The first kappa shape index (κ1) is 8.05. The summed E-state index contributed by atoms with van der Waals surface area (Å²) in [5.74, 6) is 1.07. The van der Waals surface area contributed by atoms with E-state index >= 15 is 0 Å². The molecule has 0 saturated heterocycles. The van der Waals surface area contributed by atoms with Crippen molar-refractivity contribution >= 4 is 6.08 Å². The predicted molar refractivity (Wildman–Crippen MR) is 47.3 cm³/mol. The van der Waals surface area contributed by atoms with Gasteiger partial charge in [-0.3, -0.25) is 0 Å². The molecule has 1 rings (SSSR count). The Morgan fingerprint density at radius 3 is 3.09 bits per heavy atom. The second-order valence-corrected chi connectivity index (χ2v) is 2.58. The van der Waals surface area contributed by atoms with Gasteiger partial charge in [-0.05, 0) is 12.5 Å². The fourth-order valence-electron chi connectivity index (χ4n) is 0.954. The van der Waals surface area contributed by atoms with Gasteiger partial charge in [-0.15, -0.1) is 0 Å². The number of hydrogen-bond acceptors (Lipinski definition) is 1. The smallest absolute Gasteiger partial charge is 0.106 e. The first-order chi connectivity index (χ1) is 5.36. The number of rotatable bonds is 4. The Hall–Kier alpha value is -1.05. The van der Waals surface area contributed by atoms with Crippen molar-refractivity contribution in [1.29, 1.82) is 0 Å². The minimum atomic E-state index is 0.941. The van der Waals surface area contributed by atoms with Gasteiger partial charge >= 0.3 is 0 Å². The van der Waals surface area contributed by atoms with Gasteiger partial charge in [-0.25, -0.2) is 4.98 Å². The van der Waals surface area contributed by atoms with Gasteiger partial charge in [0.15, 0.2) is 0 Å². The molecular formula is C9H14N2. The van der Waals surface area contributed by atoms with Gasteiger partial charge in [-0.1, -0.05) is 19.9 Å². The summed E-state index contributed by atoms with van der Waals surface area (Å²) in [7, 11) is 0. The van der Waals surface area contributed by atoms with Crippen LogP contribution in [0.1, 0.15) is 31.3 Å². The normalized spacial score (nSPS) is 9.91. The van der Waals surface area contributed by atoms with Crippen molar-refractivity contribution in [1.82, 2.24) is 9.97 Å². The number of aryl methyl sites for hydroxylation is 1. The highest BCUT2D eigenvalue weighted by atomic mass is 14.9. The summed E-state index contributed by atoms with van der Waals surface area (Å²) < 4.78 is 0. The largest absolute Gasteiger partial charge is 0.348 e. The van der Waals surface area contributed by atoms with Gasteiger partial charge in [0.2, 0.25) is 0 Å². The summed E-state index contributed by atoms with van der Waals surface area (Å²) in [6.45, 7) is 5.82. The molecule has 0 aliphatic rings. The van der Waals surface area contributed by atoms with Gasteiger partial charge in [0.1, 0.15) is 5.82 Å². The van der Waals surface area contributed by atoms with Crippen molar-refractivity contribution in [3.05, 3.63) is 24.3 Å². The zero-order chi connectivity index (χ0) is 8.10. The van der Waals surface area contributed by atoms with E-state index in [-0.39, 0.29) is 0 Å². The van der Waals surface area contributed by atoms with Crippen molar-refractivity contribution in [2.75, 3.05) is 0 Å². The highest BCUT2D eigenvalue weighted by molar-refractivity contribution is 5.39. The first-order valence-corrected chi connectivity index (χ1v) is 4.03. The molecule has 0 spiro atoms. The average Bonchev–Trinajstić information content (AvgIpc) is 2.48. The van der Waals surface area contributed by atoms with E-state index in [0.29, 0.717) is 0 Å². The molecule has 11 heavy (non-hydrogen) atoms. The summed E-state index contributed by atoms with van der Waals surface area (Å²) >= 11 is 0. The standard InChI is InChI=1S/C9H14N2/c1-3-5-6-9-10-7-8(4-2)11-9/h4,7H,2-3,5-6H2,1H3,(H,10,11). The van der Waals surface area contributed by atoms with Gasteiger partial charge in [0.25, 0.3) is 0 Å². The predicted octanol–water partition coefficient (Wildman–Crippen LogP) is 2.40. The molecule has 1 aromatic rings. The van der Waals surface area contributed by atoms with E-state index in [2.05, 4.69) is 23.5 Å². The summed E-state index contributed by atoms with van der Waals surface area (Å²) in [6.07, 6.45) is 7.10. The van der Waals surface area contributed by atoms with Gasteiger partial charge in [0, 0.05) is 12.6 Å². The lowest BCUT2D eigenvalue weighted by Gasteiger charge is -1.90. The number of nitrogens with zero attached hydrogens (tertiary/aromatic N) is 1. The minimum absolute atomic E-state index is 0.941. The highest BCUT2D eigenvalue weighted by Gasteiger charge is 1.95. The molecule has 1 aromatic heterocycles. The third kappa shape index (κ3) is 2.22. The van der Waals surface area contributed by atoms with Crippen LogP contribution in [0.25, 0.3) is 6.08 Å². The number of nitrogens with one attached hydrogen (secondary N) is 1. The topological polar surface area (TPSA) is 28.7 Å². The van der Waals surface area contributed by atoms with E-state index in [1.165, 1.54) is 12.8 Å². The fraction of sp³-hybridized carbons (Fsp3) is 0.444. The molecule has 2 nitrogen and oxygen atoms in total. The second kappa shape index (κ2) is 3.96. The summed E-state index contributed by atoms with van der Waals surface area (Å²) in [4.78, 5) is 7.40. The maximum atomic E-state index is 4.29. The molecule has 0 atom stereocenters. The van der Waals surface area contributed by atoms with Gasteiger partial charge in [0.05, 0.1) is 5.69 Å². The lowest BCUT2D eigenvalue weighted by Crippen LogP contribution is -1.86. The van der Waals surface area contributed by atoms with E-state index in [0.717, 1.165) is 17.9 Å². The Kier molecular flexibility index (Phi) is 2.90. The molecule has 0 unspecified atom stereocenters. The molecule has 1 heterocycles. The quantitative estimate of drug-likeness (QED) is 0.701. The SMILES string of the molecule is C=Cc1c[nH]c(CCCC)n1. The van der Waals surface area contributed by atoms with E-state index < -0.39 is 0 Å². The molecule has 60 valence electrons. The van der Waals surface area contributed by atoms with Crippen molar-refractivity contribution in [2.45, 2.75) is 26.2 Å². The average molecular weight is 150 g/mol. The third-order valence-corrected chi connectivity index (χ3v) is 1.63. The number of aromatic nitrogens is 2. The Labute approximate surface area is 67.4 Å². The molecule has 0 bridgehead atoms. The number of H-pyrrole nitrogens is 1. The van der Waals surface area contributed by atoms with Crippen LogP contribution < -0.4 is 0 Å². The van der Waals surface area contributed by atoms with Crippen LogP contribution in [-0.4, -0.2) is 9.97 Å². The molecule has 0 radical (unpaired) electrons. The fourth-order valence-corrected chi connectivity index (χ4v) is 0.954. The Bertz CT molecular complexity index is 225. The Balaban J connectivity index is 2.51. The van der Waals surface area contributed by atoms with Crippen molar-refractivity contribution in [2.24, 2.45) is 0 Å². The van der Waals surface area contributed by atoms with Crippen LogP contribution in [0.4, 0.5) is 0 Å². The number of imidazole rings is 1. The van der Waals surface area contributed by atoms with Crippen molar-refractivity contribution in [3.63, 3.8) is 0 Å². The second-order valence-electron chi connectivity index (χ2n) is 2.58. The zero-order valence-corrected chi connectivity index (χ0v) is 6.93. The van der Waals surface area contributed by atoms with Crippen LogP contribution >= 0.6 is 0 Å². The molecule has 0 saturated carbocycles. The highest BCUT2D eigenvalue weighted by Crippen LogP contribution is 2.02. The summed E-state index contributed by atoms with van der Waals surface area (Å²) in [5.41, 5.74) is 0.941. The van der Waals surface area contributed by atoms with Crippen LogP contribution in [0.5, 0.6) is 0 Å². The first-order valence-electron chi connectivity index (χ1n) is 4.03. The lowest BCUT2D eigenvalue weighted by molar-refractivity contribution is 0.762. The summed E-state index contributed by atoms with van der Waals surface area (Å²) in [6, 6.07) is 0. The maximum absolute atomic E-state index is 4.29. The number of hydrogen-bond donors (Lipinski definition) is 1. The van der Waals surface area contributed by atoms with E-state index in [1.54, 1.807) is 6.08 Å². The maximum Gasteiger partial charge on any atom is 0.106 e. The Morgan fingerprint density at radius 1 is 1.73 bits per heavy atom. The Morgan fingerprint density at radius 2 is 2.55 bits per heavy atom. The monoisotopic (exact) mass is 150 g/mol. The zero-order valence-electron chi connectivity index (χ0n) is 6.93. The van der Waals surface area contributed by atoms with Crippen LogP contribution in [0.2, 0.25) is 0 Å². The molecule has 0 amide bonds. The molecule has 1 N–H and O–H groups in total. The summed E-state index contributed by atoms with van der Waals surface area (Å²) in [5, 5.41) is 0. The van der Waals surface area contributed by atoms with E-state index in [1.807, 2.05) is 6.20 Å². The van der Waals surface area contributed by atoms with E-state index in [9.17, 15) is 0 Å². The number of aromatic amines is 1. The molecular weight excluding hydrogens is 136 g/mol. The molecule has 0 aliphatic carbocycles. The third-order valence-electron chi connectivity index (χ3n) is 1.63. The molecule has 0 fully saturated rings. The molecule has 0 aromatic carbocycles.